The van der Waals surface area contributed by atoms with Gasteiger partial charge in [-0.3, -0.25) is 14.3 Å². The monoisotopic (exact) mass is 505 g/mol. The number of hydrogen-bond donors (Lipinski definition) is 1. The molecule has 9 heteroatoms. The molecular formula is C29H27N7O2. The fraction of sp³-hybridized carbons (Fsp3) is 0.207. The van der Waals surface area contributed by atoms with Crippen molar-refractivity contribution in [1.82, 2.24) is 29.4 Å². The molecule has 38 heavy (non-hydrogen) atoms. The predicted octanol–water partition coefficient (Wildman–Crippen LogP) is 4.43. The van der Waals surface area contributed by atoms with E-state index in [9.17, 15) is 9.59 Å². The van der Waals surface area contributed by atoms with Crippen molar-refractivity contribution in [2.45, 2.75) is 18.8 Å². The summed E-state index contributed by atoms with van der Waals surface area (Å²) >= 11 is 0. The molecule has 9 nitrogen and oxygen atoms in total. The van der Waals surface area contributed by atoms with Gasteiger partial charge in [-0.05, 0) is 60.7 Å². The predicted molar refractivity (Wildman–Crippen MR) is 144 cm³/mol. The Bertz CT molecular complexity index is 1600. The van der Waals surface area contributed by atoms with E-state index in [1.54, 1.807) is 15.6 Å². The molecule has 0 bridgehead atoms. The maximum Gasteiger partial charge on any atom is 0.295 e. The minimum absolute atomic E-state index is 0.0587. The van der Waals surface area contributed by atoms with E-state index in [2.05, 4.69) is 20.5 Å². The van der Waals surface area contributed by atoms with Crippen molar-refractivity contribution in [3.8, 4) is 5.69 Å². The van der Waals surface area contributed by atoms with Crippen LogP contribution in [0.2, 0.25) is 0 Å². The van der Waals surface area contributed by atoms with E-state index in [0.717, 1.165) is 29.4 Å². The lowest BCUT2D eigenvalue weighted by Crippen LogP contribution is -2.38. The van der Waals surface area contributed by atoms with Crippen molar-refractivity contribution in [3.63, 3.8) is 0 Å². The third-order valence-corrected chi connectivity index (χ3v) is 7.16. The van der Waals surface area contributed by atoms with E-state index < -0.39 is 0 Å². The minimum atomic E-state index is -0.358. The normalized spacial score (nSPS) is 14.1. The van der Waals surface area contributed by atoms with Crippen molar-refractivity contribution in [2.24, 2.45) is 7.05 Å². The van der Waals surface area contributed by atoms with Gasteiger partial charge in [-0.2, -0.15) is 5.10 Å². The van der Waals surface area contributed by atoms with Crippen LogP contribution >= 0.6 is 0 Å². The lowest BCUT2D eigenvalue weighted by molar-refractivity contribution is 0.0715. The fourth-order valence-electron chi connectivity index (χ4n) is 5.05. The fourth-order valence-corrected chi connectivity index (χ4v) is 5.05. The van der Waals surface area contributed by atoms with Gasteiger partial charge in [0.1, 0.15) is 6.33 Å². The van der Waals surface area contributed by atoms with Crippen LogP contribution in [0.5, 0.6) is 0 Å². The topological polar surface area (TPSA) is 97.9 Å². The quantitative estimate of drug-likeness (QED) is 0.381. The molecule has 5 aromatic rings. The highest BCUT2D eigenvalue weighted by Gasteiger charge is 2.26. The smallest absolute Gasteiger partial charge is 0.295 e. The Morgan fingerprint density at radius 1 is 0.921 bits per heavy atom. The number of benzene rings is 3. The first-order valence-electron chi connectivity index (χ1n) is 12.7. The summed E-state index contributed by atoms with van der Waals surface area (Å²) in [5.74, 6) is 0.171. The average Bonchev–Trinajstić information content (AvgIpc) is 3.61. The van der Waals surface area contributed by atoms with Gasteiger partial charge in [0.15, 0.2) is 0 Å². The van der Waals surface area contributed by atoms with Gasteiger partial charge >= 0.3 is 0 Å². The number of carbonyl (C=O) groups excluding carboxylic acids is 2. The van der Waals surface area contributed by atoms with Crippen molar-refractivity contribution < 1.29 is 9.59 Å². The van der Waals surface area contributed by atoms with Gasteiger partial charge < -0.3 is 10.2 Å². The first kappa shape index (κ1) is 23.6. The number of aryl methyl sites for hydroxylation is 1. The highest BCUT2D eigenvalue weighted by atomic mass is 16.2. The van der Waals surface area contributed by atoms with Gasteiger partial charge in [0.25, 0.3) is 11.8 Å². The zero-order valence-electron chi connectivity index (χ0n) is 21.0. The van der Waals surface area contributed by atoms with Crippen LogP contribution in [0.15, 0.2) is 85.3 Å². The largest absolute Gasteiger partial charge is 0.339 e. The zero-order valence-corrected chi connectivity index (χ0v) is 21.0. The zero-order chi connectivity index (χ0) is 26.1. The third kappa shape index (κ3) is 4.54. The maximum absolute atomic E-state index is 13.2. The molecule has 0 aliphatic carbocycles. The van der Waals surface area contributed by atoms with Gasteiger partial charge in [-0.15, -0.1) is 5.10 Å². The third-order valence-electron chi connectivity index (χ3n) is 7.16. The molecule has 0 atom stereocenters. The Hall–Kier alpha value is -4.79. The Morgan fingerprint density at radius 2 is 1.68 bits per heavy atom. The molecule has 6 rings (SSSR count). The number of para-hydroxylation sites is 1. The summed E-state index contributed by atoms with van der Waals surface area (Å²) < 4.78 is 3.37. The molecule has 190 valence electrons. The van der Waals surface area contributed by atoms with Gasteiger partial charge in [-0.1, -0.05) is 36.4 Å². The minimum Gasteiger partial charge on any atom is -0.339 e. The molecule has 0 spiro atoms. The van der Waals surface area contributed by atoms with Crippen molar-refractivity contribution in [2.75, 3.05) is 18.4 Å². The number of carbonyl (C=O) groups is 2. The standard InChI is InChI=1S/C29H27N7O2/c1-34-26-9-5-8-24(25(26)18-31-34)29(38)35-16-14-21(15-17-35)20-10-12-22(13-11-20)32-28(37)27-30-19-36(33-27)23-6-3-2-4-7-23/h2-13,18-19,21H,14-17H2,1H3,(H,32,37). The van der Waals surface area contributed by atoms with Gasteiger partial charge in [-0.25, -0.2) is 9.67 Å². The molecular weight excluding hydrogens is 478 g/mol. The number of nitrogens with zero attached hydrogens (tertiary/aromatic N) is 6. The highest BCUT2D eigenvalue weighted by Crippen LogP contribution is 2.30. The van der Waals surface area contributed by atoms with Gasteiger partial charge in [0.05, 0.1) is 23.0 Å². The van der Waals surface area contributed by atoms with Crippen LogP contribution in [-0.2, 0) is 7.05 Å². The molecule has 1 aliphatic heterocycles. The van der Waals surface area contributed by atoms with E-state index in [1.807, 2.05) is 84.7 Å². The number of rotatable bonds is 5. The van der Waals surface area contributed by atoms with Crippen LogP contribution in [0, 0.1) is 0 Å². The van der Waals surface area contributed by atoms with E-state index in [4.69, 9.17) is 0 Å². The molecule has 1 aliphatic rings. The number of likely N-dealkylation sites (tertiary alicyclic amines) is 1. The second-order valence-electron chi connectivity index (χ2n) is 9.50. The summed E-state index contributed by atoms with van der Waals surface area (Å²) in [6.45, 7) is 1.41. The van der Waals surface area contributed by atoms with E-state index in [-0.39, 0.29) is 17.6 Å². The summed E-state index contributed by atoms with van der Waals surface area (Å²) in [5.41, 5.74) is 4.39. The number of piperidine rings is 1. The van der Waals surface area contributed by atoms with Crippen molar-refractivity contribution >= 4 is 28.4 Å². The molecule has 0 unspecified atom stereocenters. The second kappa shape index (κ2) is 9.93. The summed E-state index contributed by atoms with van der Waals surface area (Å²) in [4.78, 5) is 32.0. The van der Waals surface area contributed by atoms with Crippen LogP contribution in [0.1, 0.15) is 45.3 Å². The number of hydrogen-bond acceptors (Lipinski definition) is 5. The number of aromatic nitrogens is 5. The van der Waals surface area contributed by atoms with E-state index >= 15 is 0 Å². The average molecular weight is 506 g/mol. The molecule has 1 fully saturated rings. The molecule has 3 heterocycles. The van der Waals surface area contributed by atoms with Crippen molar-refractivity contribution in [3.05, 3.63) is 102 Å². The molecule has 0 radical (unpaired) electrons. The van der Waals surface area contributed by atoms with E-state index in [1.165, 1.54) is 11.9 Å². The molecule has 1 N–H and O–H groups in total. The van der Waals surface area contributed by atoms with Crippen LogP contribution < -0.4 is 5.32 Å². The lowest BCUT2D eigenvalue weighted by atomic mass is 9.89. The SMILES string of the molecule is Cn1ncc2c(C(=O)N3CCC(c4ccc(NC(=O)c5ncn(-c6ccccc6)n5)cc4)CC3)cccc21. The Balaban J connectivity index is 1.06. The van der Waals surface area contributed by atoms with Crippen LogP contribution in [0.4, 0.5) is 5.69 Å². The maximum atomic E-state index is 13.2. The highest BCUT2D eigenvalue weighted by molar-refractivity contribution is 6.06. The molecule has 0 saturated carbocycles. The summed E-state index contributed by atoms with van der Waals surface area (Å²) in [7, 11) is 1.88. The Morgan fingerprint density at radius 3 is 2.45 bits per heavy atom. The number of nitrogens with one attached hydrogen (secondary N) is 1. The molecule has 2 aromatic heterocycles. The van der Waals surface area contributed by atoms with Crippen LogP contribution in [-0.4, -0.2) is 54.3 Å². The summed E-state index contributed by atoms with van der Waals surface area (Å²) in [5, 5.41) is 12.4. The first-order valence-corrected chi connectivity index (χ1v) is 12.7. The lowest BCUT2D eigenvalue weighted by Gasteiger charge is -2.32. The van der Waals surface area contributed by atoms with Crippen LogP contribution in [0.25, 0.3) is 16.6 Å². The number of fused-ring (bicyclic) bond motifs is 1. The van der Waals surface area contributed by atoms with Crippen molar-refractivity contribution in [1.29, 1.82) is 0 Å². The second-order valence-corrected chi connectivity index (χ2v) is 9.50. The number of amides is 2. The molecule has 3 aromatic carbocycles. The first-order chi connectivity index (χ1) is 18.6. The Kier molecular flexibility index (Phi) is 6.17. The van der Waals surface area contributed by atoms with Crippen LogP contribution in [0.3, 0.4) is 0 Å². The molecule has 2 amide bonds. The summed E-state index contributed by atoms with van der Waals surface area (Å²) in [6.07, 6.45) is 5.07. The van der Waals surface area contributed by atoms with Gasteiger partial charge in [0, 0.05) is 31.2 Å². The van der Waals surface area contributed by atoms with E-state index in [0.29, 0.717) is 30.3 Å². The summed E-state index contributed by atoms with van der Waals surface area (Å²) in [6, 6.07) is 23.2. The molecule has 1 saturated heterocycles. The Labute approximate surface area is 219 Å². The van der Waals surface area contributed by atoms with Gasteiger partial charge in [0.2, 0.25) is 5.82 Å². The number of anilines is 1.